The number of hydrogen-bond donors (Lipinski definition) is 0. The number of benzene rings is 2. The van der Waals surface area contributed by atoms with Crippen molar-refractivity contribution in [2.75, 3.05) is 6.61 Å². The predicted octanol–water partition coefficient (Wildman–Crippen LogP) is 7.32. The van der Waals surface area contributed by atoms with Crippen LogP contribution in [0.15, 0.2) is 57.7 Å². The Hall–Kier alpha value is -3.28. The van der Waals surface area contributed by atoms with Crippen molar-refractivity contribution in [2.45, 2.75) is 78.2 Å². The molecule has 0 fully saturated rings. The summed E-state index contributed by atoms with van der Waals surface area (Å²) in [7, 11) is 0. The van der Waals surface area contributed by atoms with E-state index in [9.17, 15) is 9.59 Å². The highest BCUT2D eigenvalue weighted by Crippen LogP contribution is 2.37. The molecule has 1 heterocycles. The van der Waals surface area contributed by atoms with Crippen LogP contribution in [0.25, 0.3) is 11.0 Å². The summed E-state index contributed by atoms with van der Waals surface area (Å²) in [5, 5.41) is 0.443. The normalized spacial score (nSPS) is 11.1. The molecule has 0 saturated carbocycles. The molecule has 6 heteroatoms. The fourth-order valence-corrected chi connectivity index (χ4v) is 3.85. The standard InChI is InChI=1S/C29H36O6/c1-4-5-6-7-8-9-10-14-20-32-24-19-15-18-23-25(24)34-29(31)27(33-21(2)3)26(23)35-28(30)22-16-12-11-13-17-22/h11-13,15-19,21H,4-10,14,20H2,1-3H3. The van der Waals surface area contributed by atoms with Crippen LogP contribution in [0.4, 0.5) is 0 Å². The summed E-state index contributed by atoms with van der Waals surface area (Å²) < 4.78 is 23.0. The van der Waals surface area contributed by atoms with Crippen molar-refractivity contribution in [3.8, 4) is 17.2 Å². The van der Waals surface area contributed by atoms with E-state index < -0.39 is 11.6 Å². The molecule has 0 radical (unpaired) electrons. The van der Waals surface area contributed by atoms with Gasteiger partial charge in [0.2, 0.25) is 5.75 Å². The number of carbonyl (C=O) groups is 1. The van der Waals surface area contributed by atoms with E-state index in [1.54, 1.807) is 56.3 Å². The summed E-state index contributed by atoms with van der Waals surface area (Å²) in [6, 6.07) is 13.9. The maximum atomic E-state index is 12.8. The first-order chi connectivity index (χ1) is 17.0. The molecular formula is C29H36O6. The van der Waals surface area contributed by atoms with Gasteiger partial charge in [-0.3, -0.25) is 0 Å². The van der Waals surface area contributed by atoms with Crippen molar-refractivity contribution in [1.82, 2.24) is 0 Å². The molecule has 0 aliphatic carbocycles. The van der Waals surface area contributed by atoms with Crippen molar-refractivity contribution < 1.29 is 23.4 Å². The van der Waals surface area contributed by atoms with Gasteiger partial charge >= 0.3 is 11.6 Å². The molecule has 0 aliphatic heterocycles. The van der Waals surface area contributed by atoms with E-state index in [0.717, 1.165) is 12.8 Å². The number of rotatable bonds is 14. The molecule has 3 rings (SSSR count). The van der Waals surface area contributed by atoms with E-state index in [2.05, 4.69) is 6.92 Å². The molecule has 0 amide bonds. The van der Waals surface area contributed by atoms with Gasteiger partial charge in [0.15, 0.2) is 17.1 Å². The molecule has 1 aromatic heterocycles. The molecule has 0 N–H and O–H groups in total. The highest BCUT2D eigenvalue weighted by molar-refractivity contribution is 5.96. The lowest BCUT2D eigenvalue weighted by Gasteiger charge is -2.16. The van der Waals surface area contributed by atoms with Gasteiger partial charge in [-0.15, -0.1) is 0 Å². The number of para-hydroxylation sites is 1. The van der Waals surface area contributed by atoms with Crippen LogP contribution in [0.2, 0.25) is 0 Å². The van der Waals surface area contributed by atoms with Crippen molar-refractivity contribution in [3.63, 3.8) is 0 Å². The number of esters is 1. The maximum absolute atomic E-state index is 12.8. The molecule has 0 saturated heterocycles. The van der Waals surface area contributed by atoms with E-state index in [0.29, 0.717) is 23.3 Å². The van der Waals surface area contributed by atoms with Crippen molar-refractivity contribution in [2.24, 2.45) is 0 Å². The molecule has 0 aliphatic rings. The molecule has 3 aromatic rings. The van der Waals surface area contributed by atoms with Gasteiger partial charge in [-0.25, -0.2) is 9.59 Å². The number of unbranched alkanes of at least 4 members (excludes halogenated alkanes) is 7. The monoisotopic (exact) mass is 480 g/mol. The van der Waals surface area contributed by atoms with Crippen LogP contribution >= 0.6 is 0 Å². The zero-order chi connectivity index (χ0) is 25.0. The molecule has 188 valence electrons. The molecule has 0 bridgehead atoms. The molecule has 0 unspecified atom stereocenters. The maximum Gasteiger partial charge on any atom is 0.383 e. The summed E-state index contributed by atoms with van der Waals surface area (Å²) in [6.45, 7) is 6.31. The average molecular weight is 481 g/mol. The fourth-order valence-electron chi connectivity index (χ4n) is 3.85. The quantitative estimate of drug-likeness (QED) is 0.137. The van der Waals surface area contributed by atoms with Crippen LogP contribution in [0.1, 0.15) is 82.5 Å². The lowest BCUT2D eigenvalue weighted by atomic mass is 10.1. The molecular weight excluding hydrogens is 444 g/mol. The van der Waals surface area contributed by atoms with Gasteiger partial charge in [-0.1, -0.05) is 76.1 Å². The predicted molar refractivity (Wildman–Crippen MR) is 138 cm³/mol. The first-order valence-corrected chi connectivity index (χ1v) is 12.7. The van der Waals surface area contributed by atoms with Crippen molar-refractivity contribution >= 4 is 16.9 Å². The van der Waals surface area contributed by atoms with Crippen molar-refractivity contribution in [3.05, 3.63) is 64.5 Å². The van der Waals surface area contributed by atoms with E-state index in [4.69, 9.17) is 18.6 Å². The number of hydrogen-bond acceptors (Lipinski definition) is 6. The fraction of sp³-hybridized carbons (Fsp3) is 0.448. The summed E-state index contributed by atoms with van der Waals surface area (Å²) >= 11 is 0. The van der Waals surface area contributed by atoms with Crippen LogP contribution in [0.3, 0.4) is 0 Å². The van der Waals surface area contributed by atoms with Gasteiger partial charge in [0.05, 0.1) is 23.7 Å². The van der Waals surface area contributed by atoms with E-state index >= 15 is 0 Å². The lowest BCUT2D eigenvalue weighted by molar-refractivity contribution is 0.0726. The summed E-state index contributed by atoms with van der Waals surface area (Å²) in [5.74, 6) is -0.236. The third-order valence-electron chi connectivity index (χ3n) is 5.62. The Balaban J connectivity index is 1.78. The molecule has 2 aromatic carbocycles. The Morgan fingerprint density at radius 1 is 0.857 bits per heavy atom. The SMILES string of the molecule is CCCCCCCCCCOc1cccc2c(OC(=O)c3ccccc3)c(OC(C)C)c(=O)oc12. The van der Waals surface area contributed by atoms with Gasteiger partial charge < -0.3 is 18.6 Å². The Labute approximate surface area is 207 Å². The van der Waals surface area contributed by atoms with Gasteiger partial charge in [0, 0.05) is 0 Å². The number of carbonyl (C=O) groups excluding carboxylic acids is 1. The Bertz CT molecular complexity index is 1130. The zero-order valence-electron chi connectivity index (χ0n) is 21.0. The zero-order valence-corrected chi connectivity index (χ0v) is 21.0. The van der Waals surface area contributed by atoms with Crippen molar-refractivity contribution in [1.29, 1.82) is 0 Å². The Morgan fingerprint density at radius 3 is 2.23 bits per heavy atom. The summed E-state index contributed by atoms with van der Waals surface area (Å²) in [6.07, 6.45) is 9.29. The third kappa shape index (κ3) is 7.61. The minimum absolute atomic E-state index is 0.0383. The molecule has 6 nitrogen and oxygen atoms in total. The van der Waals surface area contributed by atoms with Gasteiger partial charge in [0.1, 0.15) is 0 Å². The van der Waals surface area contributed by atoms with Gasteiger partial charge in [-0.2, -0.15) is 0 Å². The van der Waals surface area contributed by atoms with Crippen LogP contribution < -0.4 is 19.8 Å². The minimum atomic E-state index is -0.717. The average Bonchev–Trinajstić information content (AvgIpc) is 2.85. The second kappa shape index (κ2) is 13.6. The van der Waals surface area contributed by atoms with Crippen LogP contribution in [-0.4, -0.2) is 18.7 Å². The van der Waals surface area contributed by atoms with Crippen LogP contribution in [0, 0.1) is 0 Å². The first-order valence-electron chi connectivity index (χ1n) is 12.7. The molecule has 0 atom stereocenters. The van der Waals surface area contributed by atoms with Crippen LogP contribution in [0.5, 0.6) is 17.2 Å². The van der Waals surface area contributed by atoms with E-state index in [1.807, 2.05) is 6.07 Å². The first kappa shape index (κ1) is 26.3. The number of ether oxygens (including phenoxy) is 3. The minimum Gasteiger partial charge on any atom is -0.490 e. The highest BCUT2D eigenvalue weighted by atomic mass is 16.6. The Morgan fingerprint density at radius 2 is 1.54 bits per heavy atom. The lowest BCUT2D eigenvalue weighted by Crippen LogP contribution is -2.17. The summed E-state index contributed by atoms with van der Waals surface area (Å²) in [5.41, 5.74) is -0.110. The number of fused-ring (bicyclic) bond motifs is 1. The highest BCUT2D eigenvalue weighted by Gasteiger charge is 2.24. The molecule has 0 spiro atoms. The van der Waals surface area contributed by atoms with Gasteiger partial charge in [-0.05, 0) is 44.5 Å². The van der Waals surface area contributed by atoms with Crippen LogP contribution in [-0.2, 0) is 0 Å². The smallest absolute Gasteiger partial charge is 0.383 e. The largest absolute Gasteiger partial charge is 0.490 e. The topological polar surface area (TPSA) is 75.0 Å². The molecule has 35 heavy (non-hydrogen) atoms. The van der Waals surface area contributed by atoms with E-state index in [-0.39, 0.29) is 23.2 Å². The Kier molecular flexibility index (Phi) is 10.2. The second-order valence-electron chi connectivity index (χ2n) is 8.93. The third-order valence-corrected chi connectivity index (χ3v) is 5.62. The van der Waals surface area contributed by atoms with E-state index in [1.165, 1.54) is 38.5 Å². The van der Waals surface area contributed by atoms with Gasteiger partial charge in [0.25, 0.3) is 0 Å². The second-order valence-corrected chi connectivity index (χ2v) is 8.93. The summed E-state index contributed by atoms with van der Waals surface area (Å²) in [4.78, 5) is 25.7.